The maximum absolute atomic E-state index is 13.5. The van der Waals surface area contributed by atoms with Gasteiger partial charge in [-0.15, -0.1) is 0 Å². The molecule has 1 aromatic heterocycles. The summed E-state index contributed by atoms with van der Waals surface area (Å²) in [5.74, 6) is -0.931. The van der Waals surface area contributed by atoms with Crippen LogP contribution in [-0.4, -0.2) is 28.4 Å². The van der Waals surface area contributed by atoms with Gasteiger partial charge in [-0.05, 0) is 62.1 Å². The van der Waals surface area contributed by atoms with Gasteiger partial charge in [0.05, 0.1) is 28.4 Å². The van der Waals surface area contributed by atoms with Crippen LogP contribution in [0.3, 0.4) is 0 Å². The van der Waals surface area contributed by atoms with E-state index in [2.05, 4.69) is 6.92 Å². The van der Waals surface area contributed by atoms with E-state index in [0.717, 1.165) is 39.7 Å². The first-order chi connectivity index (χ1) is 18.3. The number of unbranched alkanes of at least 4 members (excludes halogenated alkanes) is 1. The van der Waals surface area contributed by atoms with Crippen molar-refractivity contribution < 1.29 is 19.4 Å². The first-order valence-corrected chi connectivity index (χ1v) is 13.6. The maximum Gasteiger partial charge on any atom is 0.301 e. The Bertz CT molecular complexity index is 1550. The average Bonchev–Trinajstić information content (AvgIpc) is 3.43. The number of nitrogens with zero attached hydrogens (tertiary/aromatic N) is 2. The van der Waals surface area contributed by atoms with E-state index in [0.29, 0.717) is 28.6 Å². The lowest BCUT2D eigenvalue weighted by atomic mass is 9.95. The van der Waals surface area contributed by atoms with Crippen LogP contribution in [0.25, 0.3) is 16.0 Å². The van der Waals surface area contributed by atoms with Crippen molar-refractivity contribution in [3.63, 3.8) is 0 Å². The monoisotopic (exact) mass is 526 g/mol. The number of aryl methyl sites for hydroxylation is 3. The molecular formula is C31H30N2O4S. The zero-order valence-corrected chi connectivity index (χ0v) is 22.8. The van der Waals surface area contributed by atoms with Crippen molar-refractivity contribution in [3.8, 4) is 5.75 Å². The fourth-order valence-corrected chi connectivity index (χ4v) is 5.92. The van der Waals surface area contributed by atoms with E-state index in [1.165, 1.54) is 16.2 Å². The average molecular weight is 527 g/mol. The second-order valence-electron chi connectivity index (χ2n) is 9.73. The number of aliphatic hydroxyl groups excluding tert-OH is 1. The summed E-state index contributed by atoms with van der Waals surface area (Å²) in [6.07, 6.45) is 1.99. The first kappa shape index (κ1) is 25.7. The molecule has 3 aromatic carbocycles. The van der Waals surface area contributed by atoms with Crippen LogP contribution in [0.1, 0.15) is 53.6 Å². The molecule has 0 spiro atoms. The van der Waals surface area contributed by atoms with Crippen molar-refractivity contribution in [2.75, 3.05) is 11.5 Å². The Morgan fingerprint density at radius 3 is 2.39 bits per heavy atom. The second kappa shape index (κ2) is 10.4. The second-order valence-corrected chi connectivity index (χ2v) is 10.7. The maximum atomic E-state index is 13.5. The Morgan fingerprint density at radius 1 is 1.00 bits per heavy atom. The van der Waals surface area contributed by atoms with Crippen LogP contribution in [0.5, 0.6) is 5.75 Å². The predicted molar refractivity (Wildman–Crippen MR) is 152 cm³/mol. The summed E-state index contributed by atoms with van der Waals surface area (Å²) in [7, 11) is 0. The van der Waals surface area contributed by atoms with Crippen LogP contribution in [0.4, 0.5) is 5.13 Å². The number of fused-ring (bicyclic) bond motifs is 1. The van der Waals surface area contributed by atoms with E-state index in [4.69, 9.17) is 9.72 Å². The van der Waals surface area contributed by atoms with Gasteiger partial charge in [-0.25, -0.2) is 4.98 Å². The van der Waals surface area contributed by atoms with Crippen LogP contribution >= 0.6 is 11.3 Å². The van der Waals surface area contributed by atoms with Crippen molar-refractivity contribution >= 4 is 44.1 Å². The van der Waals surface area contributed by atoms with E-state index < -0.39 is 17.7 Å². The van der Waals surface area contributed by atoms with Gasteiger partial charge in [0.2, 0.25) is 0 Å². The Kier molecular flexibility index (Phi) is 7.04. The molecule has 0 aliphatic carbocycles. The zero-order valence-electron chi connectivity index (χ0n) is 21.9. The number of hydrogen-bond acceptors (Lipinski definition) is 6. The Morgan fingerprint density at radius 2 is 1.71 bits per heavy atom. The number of rotatable bonds is 7. The number of amides is 1. The number of carbonyl (C=O) groups is 2. The lowest BCUT2D eigenvalue weighted by Gasteiger charge is -2.23. The number of aliphatic hydroxyl groups is 1. The highest BCUT2D eigenvalue weighted by Crippen LogP contribution is 2.45. The molecule has 5 rings (SSSR count). The molecule has 0 radical (unpaired) electrons. The van der Waals surface area contributed by atoms with Crippen LogP contribution < -0.4 is 9.64 Å². The summed E-state index contributed by atoms with van der Waals surface area (Å²) in [6.45, 7) is 8.67. The third-order valence-corrected chi connectivity index (χ3v) is 7.76. The molecule has 1 N–H and O–H groups in total. The predicted octanol–water partition coefficient (Wildman–Crippen LogP) is 7.03. The molecule has 194 valence electrons. The molecule has 1 amide bonds. The smallest absolute Gasteiger partial charge is 0.301 e. The number of Topliss-reactive ketones (excluding diaryl/α,β-unsaturated/α-hetero) is 1. The number of ketones is 1. The van der Waals surface area contributed by atoms with E-state index >= 15 is 0 Å². The zero-order chi connectivity index (χ0) is 27.0. The van der Waals surface area contributed by atoms with Crippen molar-refractivity contribution in [1.82, 2.24) is 4.98 Å². The molecule has 0 saturated carbocycles. The van der Waals surface area contributed by atoms with Gasteiger partial charge in [-0.3, -0.25) is 14.5 Å². The molecule has 1 aliphatic rings. The van der Waals surface area contributed by atoms with Crippen LogP contribution in [0.2, 0.25) is 0 Å². The largest absolute Gasteiger partial charge is 0.507 e. The highest BCUT2D eigenvalue weighted by molar-refractivity contribution is 7.22. The van der Waals surface area contributed by atoms with E-state index in [-0.39, 0.29) is 11.3 Å². The Hall–Kier alpha value is -3.97. The number of anilines is 1. The van der Waals surface area contributed by atoms with Crippen molar-refractivity contribution in [2.45, 2.75) is 46.6 Å². The fraction of sp³-hybridized carbons (Fsp3) is 0.258. The molecule has 38 heavy (non-hydrogen) atoms. The lowest BCUT2D eigenvalue weighted by molar-refractivity contribution is -0.132. The molecule has 1 fully saturated rings. The van der Waals surface area contributed by atoms with Gasteiger partial charge in [0.15, 0.2) is 5.13 Å². The highest BCUT2D eigenvalue weighted by atomic mass is 32.1. The van der Waals surface area contributed by atoms with Gasteiger partial charge in [-0.1, -0.05) is 72.7 Å². The Labute approximate surface area is 226 Å². The molecule has 0 bridgehead atoms. The SMILES string of the molecule is CCCCOc1ccc(C2/C(=C(\O)c3ccc(C)cc3)C(=O)C(=O)N2c2nc3c(C)cc(C)cc3s2)cc1. The Balaban J connectivity index is 1.65. The van der Waals surface area contributed by atoms with Gasteiger partial charge in [0.25, 0.3) is 5.78 Å². The van der Waals surface area contributed by atoms with Crippen LogP contribution in [-0.2, 0) is 9.59 Å². The molecule has 6 nitrogen and oxygen atoms in total. The molecule has 1 aliphatic heterocycles. The molecular weight excluding hydrogens is 496 g/mol. The highest BCUT2D eigenvalue weighted by Gasteiger charge is 2.48. The number of hydrogen-bond donors (Lipinski definition) is 1. The number of thiazole rings is 1. The minimum atomic E-state index is -0.831. The lowest BCUT2D eigenvalue weighted by Crippen LogP contribution is -2.29. The fourth-order valence-electron chi connectivity index (χ4n) is 4.75. The van der Waals surface area contributed by atoms with Crippen LogP contribution in [0.15, 0.2) is 66.2 Å². The third kappa shape index (κ3) is 4.70. The number of benzene rings is 3. The minimum Gasteiger partial charge on any atom is -0.507 e. The van der Waals surface area contributed by atoms with Crippen molar-refractivity contribution in [1.29, 1.82) is 0 Å². The number of carbonyl (C=O) groups excluding carboxylic acids is 2. The molecule has 7 heteroatoms. The topological polar surface area (TPSA) is 79.7 Å². The van der Waals surface area contributed by atoms with E-state index in [1.54, 1.807) is 12.1 Å². The number of aromatic nitrogens is 1. The molecule has 1 atom stereocenters. The summed E-state index contributed by atoms with van der Waals surface area (Å²) < 4.78 is 6.76. The van der Waals surface area contributed by atoms with E-state index in [9.17, 15) is 14.7 Å². The standard InChI is InChI=1S/C31H30N2O4S/c1-5-6-15-37-23-13-11-21(12-14-23)27-25(28(34)22-9-7-18(2)8-10-22)29(35)30(36)33(27)31-32-26-20(4)16-19(3)17-24(26)38-31/h7-14,16-17,27,34H,5-6,15H2,1-4H3/b28-25+. The molecule has 4 aromatic rings. The summed E-state index contributed by atoms with van der Waals surface area (Å²) in [5, 5.41) is 11.8. The first-order valence-electron chi connectivity index (χ1n) is 12.8. The van der Waals surface area contributed by atoms with Gasteiger partial charge >= 0.3 is 5.91 Å². The van der Waals surface area contributed by atoms with Crippen molar-refractivity contribution in [3.05, 3.63) is 94.1 Å². The molecule has 1 unspecified atom stereocenters. The van der Waals surface area contributed by atoms with Gasteiger partial charge < -0.3 is 9.84 Å². The number of ether oxygens (including phenoxy) is 1. The quantitative estimate of drug-likeness (QED) is 0.121. The minimum absolute atomic E-state index is 0.0469. The van der Waals surface area contributed by atoms with Gasteiger partial charge in [-0.2, -0.15) is 0 Å². The summed E-state index contributed by atoms with van der Waals surface area (Å²) in [4.78, 5) is 33.2. The van der Waals surface area contributed by atoms with Gasteiger partial charge in [0.1, 0.15) is 11.5 Å². The summed E-state index contributed by atoms with van der Waals surface area (Å²) in [6, 6.07) is 17.8. The summed E-state index contributed by atoms with van der Waals surface area (Å²) in [5.41, 5.74) is 5.14. The molecule has 2 heterocycles. The summed E-state index contributed by atoms with van der Waals surface area (Å²) >= 11 is 1.37. The third-order valence-electron chi connectivity index (χ3n) is 6.76. The molecule has 1 saturated heterocycles. The van der Waals surface area contributed by atoms with Crippen LogP contribution in [0, 0.1) is 20.8 Å². The van der Waals surface area contributed by atoms with E-state index in [1.807, 2.05) is 69.3 Å². The van der Waals surface area contributed by atoms with Crippen molar-refractivity contribution in [2.24, 2.45) is 0 Å². The van der Waals surface area contributed by atoms with Gasteiger partial charge in [0, 0.05) is 5.56 Å². The normalized spacial score (nSPS) is 16.9.